The van der Waals surface area contributed by atoms with Crippen LogP contribution in [-0.2, 0) is 24.4 Å². The van der Waals surface area contributed by atoms with Gasteiger partial charge in [0.2, 0.25) is 0 Å². The Morgan fingerprint density at radius 3 is 3.00 bits per heavy atom. The van der Waals surface area contributed by atoms with E-state index in [1.54, 1.807) is 6.20 Å². The number of hydrogen-bond acceptors (Lipinski definition) is 3. The molecule has 0 saturated heterocycles. The van der Waals surface area contributed by atoms with Crippen molar-refractivity contribution in [2.24, 2.45) is 0 Å². The Morgan fingerprint density at radius 2 is 2.05 bits per heavy atom. The number of nitrogens with zero attached hydrogens (tertiary/aromatic N) is 1. The van der Waals surface area contributed by atoms with Crippen LogP contribution in [-0.4, -0.2) is 10.8 Å². The molecule has 4 rings (SSSR count). The second-order valence-electron chi connectivity index (χ2n) is 5.48. The van der Waals surface area contributed by atoms with Gasteiger partial charge < -0.3 is 4.74 Å². The number of hydrogen-bond donors (Lipinski definition) is 0. The number of fused-ring (bicyclic) bond motifs is 2. The molecule has 0 fully saturated rings. The first kappa shape index (κ1) is 11.8. The Kier molecular flexibility index (Phi) is 2.67. The van der Waals surface area contributed by atoms with Gasteiger partial charge in [-0.25, -0.2) is 0 Å². The van der Waals surface area contributed by atoms with E-state index in [9.17, 15) is 4.79 Å². The van der Waals surface area contributed by atoms with Crippen LogP contribution >= 0.6 is 0 Å². The second-order valence-corrected chi connectivity index (χ2v) is 5.48. The number of Topliss-reactive ketones (excluding diaryl/α,β-unsaturated/α-hetero) is 1. The van der Waals surface area contributed by atoms with Gasteiger partial charge in [0.25, 0.3) is 0 Å². The molecule has 0 spiro atoms. The van der Waals surface area contributed by atoms with Gasteiger partial charge in [0.1, 0.15) is 0 Å². The van der Waals surface area contributed by atoms with Crippen molar-refractivity contribution >= 4 is 5.78 Å². The molecule has 2 heterocycles. The van der Waals surface area contributed by atoms with Crippen molar-refractivity contribution in [2.45, 2.75) is 32.0 Å². The first-order chi connectivity index (χ1) is 9.83. The molecule has 3 heteroatoms. The summed E-state index contributed by atoms with van der Waals surface area (Å²) in [7, 11) is 0. The van der Waals surface area contributed by atoms with Gasteiger partial charge in [-0.1, -0.05) is 18.2 Å². The van der Waals surface area contributed by atoms with Crippen LogP contribution < -0.4 is 0 Å². The molecule has 0 radical (unpaired) electrons. The zero-order chi connectivity index (χ0) is 13.5. The minimum Gasteiger partial charge on any atom is -0.372 e. The highest BCUT2D eigenvalue weighted by Gasteiger charge is 2.30. The smallest absolute Gasteiger partial charge is 0.171 e. The largest absolute Gasteiger partial charge is 0.372 e. The summed E-state index contributed by atoms with van der Waals surface area (Å²) in [5.41, 5.74) is 5.32. The Morgan fingerprint density at radius 1 is 1.15 bits per heavy atom. The van der Waals surface area contributed by atoms with Gasteiger partial charge in [0, 0.05) is 11.8 Å². The predicted molar refractivity (Wildman–Crippen MR) is 74.6 cm³/mol. The summed E-state index contributed by atoms with van der Waals surface area (Å²) in [6.07, 6.45) is 3.60. The minimum absolute atomic E-state index is 0.0772. The summed E-state index contributed by atoms with van der Waals surface area (Å²) in [5, 5.41) is 0. The summed E-state index contributed by atoms with van der Waals surface area (Å²) in [6, 6.07) is 9.96. The number of ketones is 1. The van der Waals surface area contributed by atoms with Crippen LogP contribution in [0.5, 0.6) is 0 Å². The van der Waals surface area contributed by atoms with Crippen molar-refractivity contribution in [2.75, 3.05) is 0 Å². The van der Waals surface area contributed by atoms with Crippen molar-refractivity contribution in [3.8, 4) is 0 Å². The molecule has 0 saturated carbocycles. The van der Waals surface area contributed by atoms with Gasteiger partial charge in [-0.2, -0.15) is 0 Å². The van der Waals surface area contributed by atoms with Gasteiger partial charge in [-0.3, -0.25) is 9.78 Å². The van der Waals surface area contributed by atoms with Crippen LogP contribution in [0.4, 0.5) is 0 Å². The molecule has 3 nitrogen and oxygen atoms in total. The fourth-order valence-corrected chi connectivity index (χ4v) is 3.19. The zero-order valence-electron chi connectivity index (χ0n) is 11.1. The lowest BCUT2D eigenvalue weighted by atomic mass is 9.93. The standard InChI is InChI=1S/C17H15NO2/c19-17(12-3-4-13-9-20-10-14(13)8-12)15-6-5-11-2-1-7-18-16(11)15/h1-4,7-8,15H,5-6,9-10H2. The van der Waals surface area contributed by atoms with E-state index in [1.807, 2.05) is 24.3 Å². The fourth-order valence-electron chi connectivity index (χ4n) is 3.19. The third kappa shape index (κ3) is 1.78. The zero-order valence-corrected chi connectivity index (χ0v) is 11.1. The van der Waals surface area contributed by atoms with Crippen molar-refractivity contribution in [3.05, 3.63) is 64.5 Å². The lowest BCUT2D eigenvalue weighted by Gasteiger charge is -2.10. The molecule has 0 N–H and O–H groups in total. The molecule has 1 atom stereocenters. The third-order valence-electron chi connectivity index (χ3n) is 4.28. The average molecular weight is 265 g/mol. The number of benzene rings is 1. The lowest BCUT2D eigenvalue weighted by molar-refractivity contribution is 0.0958. The van der Waals surface area contributed by atoms with Gasteiger partial charge in [-0.05, 0) is 41.7 Å². The van der Waals surface area contributed by atoms with E-state index in [4.69, 9.17) is 4.74 Å². The van der Waals surface area contributed by atoms with E-state index >= 15 is 0 Å². The first-order valence-corrected chi connectivity index (χ1v) is 7.00. The maximum absolute atomic E-state index is 12.7. The molecule has 0 amide bonds. The van der Waals surface area contributed by atoms with Crippen molar-refractivity contribution in [1.82, 2.24) is 4.98 Å². The van der Waals surface area contributed by atoms with Crippen LogP contribution in [0.25, 0.3) is 0 Å². The molecule has 100 valence electrons. The molecule has 2 aliphatic rings. The molecule has 0 bridgehead atoms. The van der Waals surface area contributed by atoms with Crippen molar-refractivity contribution < 1.29 is 9.53 Å². The molecule has 20 heavy (non-hydrogen) atoms. The number of pyridine rings is 1. The predicted octanol–water partition coefficient (Wildman–Crippen LogP) is 3.02. The van der Waals surface area contributed by atoms with E-state index in [2.05, 4.69) is 11.1 Å². The SMILES string of the molecule is O=C(c1ccc2c(c1)COC2)C1CCc2cccnc21. The molecule has 1 aromatic heterocycles. The number of ether oxygens (including phenoxy) is 1. The molecule has 1 unspecified atom stereocenters. The summed E-state index contributed by atoms with van der Waals surface area (Å²) in [5.74, 6) is 0.115. The molecular formula is C17H15NO2. The van der Waals surface area contributed by atoms with E-state index in [-0.39, 0.29) is 11.7 Å². The van der Waals surface area contributed by atoms with Gasteiger partial charge in [0.05, 0.1) is 24.8 Å². The number of carbonyl (C=O) groups is 1. The third-order valence-corrected chi connectivity index (χ3v) is 4.28. The summed E-state index contributed by atoms with van der Waals surface area (Å²) < 4.78 is 5.41. The molecular weight excluding hydrogens is 250 g/mol. The van der Waals surface area contributed by atoms with Crippen LogP contribution in [0, 0.1) is 0 Å². The van der Waals surface area contributed by atoms with E-state index in [1.165, 1.54) is 11.1 Å². The Bertz CT molecular complexity index is 693. The van der Waals surface area contributed by atoms with Crippen molar-refractivity contribution in [3.63, 3.8) is 0 Å². The Hall–Kier alpha value is -2.00. The summed E-state index contributed by atoms with van der Waals surface area (Å²) in [4.78, 5) is 17.1. The quantitative estimate of drug-likeness (QED) is 0.783. The molecule has 1 aliphatic heterocycles. The minimum atomic E-state index is -0.0772. The van der Waals surface area contributed by atoms with Gasteiger partial charge >= 0.3 is 0 Å². The lowest BCUT2D eigenvalue weighted by Crippen LogP contribution is -2.11. The maximum Gasteiger partial charge on any atom is 0.171 e. The fraction of sp³-hybridized carbons (Fsp3) is 0.294. The van der Waals surface area contributed by atoms with Crippen LogP contribution in [0.15, 0.2) is 36.5 Å². The number of rotatable bonds is 2. The van der Waals surface area contributed by atoms with Crippen molar-refractivity contribution in [1.29, 1.82) is 0 Å². The van der Waals surface area contributed by atoms with E-state index in [0.29, 0.717) is 13.2 Å². The number of aryl methyl sites for hydroxylation is 1. The summed E-state index contributed by atoms with van der Waals surface area (Å²) >= 11 is 0. The average Bonchev–Trinajstić information content (AvgIpc) is 3.12. The normalized spacial score (nSPS) is 19.7. The van der Waals surface area contributed by atoms with Crippen LogP contribution in [0.1, 0.15) is 45.1 Å². The first-order valence-electron chi connectivity index (χ1n) is 7.00. The monoisotopic (exact) mass is 265 g/mol. The maximum atomic E-state index is 12.7. The van der Waals surface area contributed by atoms with E-state index in [0.717, 1.165) is 29.7 Å². The molecule has 1 aliphatic carbocycles. The second kappa shape index (κ2) is 4.53. The highest BCUT2D eigenvalue weighted by Crippen LogP contribution is 2.34. The van der Waals surface area contributed by atoms with Gasteiger partial charge in [0.15, 0.2) is 5.78 Å². The number of aromatic nitrogens is 1. The van der Waals surface area contributed by atoms with Crippen LogP contribution in [0.2, 0.25) is 0 Å². The molecule has 1 aromatic carbocycles. The summed E-state index contributed by atoms with van der Waals surface area (Å²) in [6.45, 7) is 1.29. The topological polar surface area (TPSA) is 39.2 Å². The highest BCUT2D eigenvalue weighted by atomic mass is 16.5. The number of carbonyl (C=O) groups excluding carboxylic acids is 1. The van der Waals surface area contributed by atoms with Gasteiger partial charge in [-0.15, -0.1) is 0 Å². The van der Waals surface area contributed by atoms with E-state index < -0.39 is 0 Å². The van der Waals surface area contributed by atoms with Crippen LogP contribution in [0.3, 0.4) is 0 Å². The Balaban J connectivity index is 1.68. The highest BCUT2D eigenvalue weighted by molar-refractivity contribution is 6.01. The Labute approximate surface area is 117 Å². The molecule has 2 aromatic rings.